The minimum Gasteiger partial charge on any atom is -0.308 e. The highest BCUT2D eigenvalue weighted by Gasteiger charge is 2.20. The van der Waals surface area contributed by atoms with E-state index in [1.165, 1.54) is 11.5 Å². The van der Waals surface area contributed by atoms with E-state index in [9.17, 15) is 4.39 Å². The Bertz CT molecular complexity index is 487. The van der Waals surface area contributed by atoms with E-state index in [0.717, 1.165) is 16.0 Å². The number of hydrogen-bond acceptors (Lipinski definition) is 4. The van der Waals surface area contributed by atoms with E-state index in [2.05, 4.69) is 14.9 Å². The molecule has 0 amide bonds. The third kappa shape index (κ3) is 2.35. The number of benzene rings is 1. The molecule has 0 radical (unpaired) electrons. The molecule has 2 rings (SSSR count). The third-order valence-electron chi connectivity index (χ3n) is 2.72. The molecule has 1 heterocycles. The van der Waals surface area contributed by atoms with Gasteiger partial charge in [-0.2, -0.15) is 0 Å². The highest BCUT2D eigenvalue weighted by atomic mass is 32.1. The van der Waals surface area contributed by atoms with Crippen LogP contribution in [0.4, 0.5) is 4.39 Å². The molecule has 1 aromatic carbocycles. The maximum Gasteiger partial charge on any atom is 0.128 e. The Labute approximate surface area is 104 Å². The van der Waals surface area contributed by atoms with E-state index in [1.807, 2.05) is 27.0 Å². The molecule has 0 aliphatic rings. The molecule has 5 heteroatoms. The Hall–Kier alpha value is -1.33. The van der Waals surface area contributed by atoms with E-state index in [-0.39, 0.29) is 11.9 Å². The summed E-state index contributed by atoms with van der Waals surface area (Å²) in [4.78, 5) is 0.915. The maximum atomic E-state index is 14.1. The van der Waals surface area contributed by atoms with Crippen molar-refractivity contribution in [2.24, 2.45) is 0 Å². The molecular weight excluding hydrogens is 237 g/mol. The van der Waals surface area contributed by atoms with E-state index < -0.39 is 0 Å². The molecule has 1 aromatic heterocycles. The molecule has 1 unspecified atom stereocenters. The number of nitrogens with zero attached hydrogens (tertiary/aromatic N) is 2. The van der Waals surface area contributed by atoms with Crippen LogP contribution in [0.1, 0.15) is 27.6 Å². The van der Waals surface area contributed by atoms with Gasteiger partial charge in [0.25, 0.3) is 0 Å². The molecule has 0 saturated heterocycles. The zero-order valence-electron chi connectivity index (χ0n) is 9.99. The zero-order valence-corrected chi connectivity index (χ0v) is 10.8. The molecule has 0 aliphatic heterocycles. The molecule has 0 saturated carbocycles. The van der Waals surface area contributed by atoms with Crippen molar-refractivity contribution in [1.29, 1.82) is 0 Å². The Morgan fingerprint density at radius 3 is 2.65 bits per heavy atom. The Kier molecular flexibility index (Phi) is 3.49. The van der Waals surface area contributed by atoms with Crippen LogP contribution in [0.15, 0.2) is 18.3 Å². The summed E-state index contributed by atoms with van der Waals surface area (Å²) in [6, 6.07) is 3.36. The molecular formula is C12H14FN3S. The van der Waals surface area contributed by atoms with Crippen molar-refractivity contribution >= 4 is 11.5 Å². The smallest absolute Gasteiger partial charge is 0.128 e. The van der Waals surface area contributed by atoms with Crippen LogP contribution >= 0.6 is 11.5 Å². The summed E-state index contributed by atoms with van der Waals surface area (Å²) >= 11 is 1.28. The largest absolute Gasteiger partial charge is 0.308 e. The van der Waals surface area contributed by atoms with Crippen LogP contribution in [0.3, 0.4) is 0 Å². The van der Waals surface area contributed by atoms with Crippen molar-refractivity contribution in [1.82, 2.24) is 14.9 Å². The Morgan fingerprint density at radius 1 is 1.35 bits per heavy atom. The number of aryl methyl sites for hydroxylation is 2. The summed E-state index contributed by atoms with van der Waals surface area (Å²) in [5, 5.41) is 6.91. The van der Waals surface area contributed by atoms with Crippen molar-refractivity contribution in [2.45, 2.75) is 19.9 Å². The second kappa shape index (κ2) is 4.89. The van der Waals surface area contributed by atoms with Crippen LogP contribution in [-0.2, 0) is 0 Å². The fourth-order valence-corrected chi connectivity index (χ4v) is 2.65. The molecule has 0 bridgehead atoms. The second-order valence-electron chi connectivity index (χ2n) is 4.02. The summed E-state index contributed by atoms with van der Waals surface area (Å²) in [7, 11) is 1.81. The van der Waals surface area contributed by atoms with Crippen molar-refractivity contribution in [3.05, 3.63) is 45.7 Å². The summed E-state index contributed by atoms with van der Waals surface area (Å²) in [6.07, 6.45) is 1.67. The minimum absolute atomic E-state index is 0.185. The van der Waals surface area contributed by atoms with Gasteiger partial charge in [-0.1, -0.05) is 10.6 Å². The minimum atomic E-state index is -0.185. The lowest BCUT2D eigenvalue weighted by molar-refractivity contribution is 0.575. The van der Waals surface area contributed by atoms with E-state index in [0.29, 0.717) is 5.56 Å². The van der Waals surface area contributed by atoms with Gasteiger partial charge >= 0.3 is 0 Å². The molecule has 3 nitrogen and oxygen atoms in total. The molecule has 90 valence electrons. The fraction of sp³-hybridized carbons (Fsp3) is 0.333. The predicted molar refractivity (Wildman–Crippen MR) is 66.7 cm³/mol. The molecule has 17 heavy (non-hydrogen) atoms. The van der Waals surface area contributed by atoms with Crippen LogP contribution in [0.5, 0.6) is 0 Å². The normalized spacial score (nSPS) is 12.7. The summed E-state index contributed by atoms with van der Waals surface area (Å²) in [5.41, 5.74) is 2.54. The predicted octanol–water partition coefficient (Wildman–Crippen LogP) is 2.60. The van der Waals surface area contributed by atoms with Gasteiger partial charge in [0.05, 0.1) is 17.1 Å². The molecule has 1 atom stereocenters. The first kappa shape index (κ1) is 12.1. The first-order valence-corrected chi connectivity index (χ1v) is 6.12. The first-order chi connectivity index (χ1) is 8.13. The lowest BCUT2D eigenvalue weighted by atomic mass is 9.98. The summed E-state index contributed by atoms with van der Waals surface area (Å²) < 4.78 is 17.9. The quantitative estimate of drug-likeness (QED) is 0.911. The third-order valence-corrected chi connectivity index (χ3v) is 3.45. The van der Waals surface area contributed by atoms with Crippen molar-refractivity contribution in [2.75, 3.05) is 7.05 Å². The van der Waals surface area contributed by atoms with Gasteiger partial charge in [0, 0.05) is 5.56 Å². The van der Waals surface area contributed by atoms with Crippen LogP contribution in [0.25, 0.3) is 0 Å². The van der Waals surface area contributed by atoms with Gasteiger partial charge in [-0.3, -0.25) is 0 Å². The topological polar surface area (TPSA) is 37.8 Å². The SMILES string of the molecule is CNC(c1cnns1)c1c(C)cc(C)cc1F. The highest BCUT2D eigenvalue weighted by molar-refractivity contribution is 7.05. The lowest BCUT2D eigenvalue weighted by Crippen LogP contribution is -2.19. The van der Waals surface area contributed by atoms with Gasteiger partial charge in [-0.15, -0.1) is 5.10 Å². The van der Waals surface area contributed by atoms with E-state index >= 15 is 0 Å². The monoisotopic (exact) mass is 251 g/mol. The number of nitrogens with one attached hydrogen (secondary N) is 1. The van der Waals surface area contributed by atoms with Gasteiger partial charge in [-0.05, 0) is 49.6 Å². The first-order valence-electron chi connectivity index (χ1n) is 5.34. The van der Waals surface area contributed by atoms with Crippen molar-refractivity contribution in [3.63, 3.8) is 0 Å². The fourth-order valence-electron chi connectivity index (χ4n) is 2.02. The molecule has 0 fully saturated rings. The standard InChI is InChI=1S/C12H14FN3S/c1-7-4-8(2)11(9(13)5-7)12(14-3)10-6-15-16-17-10/h4-6,12,14H,1-3H3. The maximum absolute atomic E-state index is 14.1. The molecule has 0 spiro atoms. The van der Waals surface area contributed by atoms with Crippen LogP contribution in [-0.4, -0.2) is 16.6 Å². The van der Waals surface area contributed by atoms with Crippen LogP contribution in [0, 0.1) is 19.7 Å². The summed E-state index contributed by atoms with van der Waals surface area (Å²) in [5.74, 6) is -0.185. The number of aromatic nitrogens is 2. The zero-order chi connectivity index (χ0) is 12.4. The van der Waals surface area contributed by atoms with Crippen molar-refractivity contribution in [3.8, 4) is 0 Å². The van der Waals surface area contributed by atoms with Gasteiger partial charge in [0.1, 0.15) is 5.82 Å². The molecule has 0 aliphatic carbocycles. The lowest BCUT2D eigenvalue weighted by Gasteiger charge is -2.18. The van der Waals surface area contributed by atoms with Gasteiger partial charge in [0.2, 0.25) is 0 Å². The number of halogens is 1. The Morgan fingerprint density at radius 2 is 2.12 bits per heavy atom. The van der Waals surface area contributed by atoms with Gasteiger partial charge in [-0.25, -0.2) is 4.39 Å². The second-order valence-corrected chi connectivity index (χ2v) is 4.84. The van der Waals surface area contributed by atoms with Crippen molar-refractivity contribution < 1.29 is 4.39 Å². The summed E-state index contributed by atoms with van der Waals surface area (Å²) in [6.45, 7) is 3.81. The number of rotatable bonds is 3. The molecule has 2 aromatic rings. The average Bonchev–Trinajstić information content (AvgIpc) is 2.76. The van der Waals surface area contributed by atoms with Gasteiger partial charge in [0.15, 0.2) is 0 Å². The van der Waals surface area contributed by atoms with E-state index in [4.69, 9.17) is 0 Å². The number of hydrogen-bond donors (Lipinski definition) is 1. The highest BCUT2D eigenvalue weighted by Crippen LogP contribution is 2.29. The van der Waals surface area contributed by atoms with E-state index in [1.54, 1.807) is 12.3 Å². The molecule has 1 N–H and O–H groups in total. The van der Waals surface area contributed by atoms with Gasteiger partial charge < -0.3 is 5.32 Å². The average molecular weight is 251 g/mol. The van der Waals surface area contributed by atoms with Crippen LogP contribution in [0.2, 0.25) is 0 Å². The Balaban J connectivity index is 2.52. The van der Waals surface area contributed by atoms with Crippen LogP contribution < -0.4 is 5.32 Å².